The van der Waals surface area contributed by atoms with Crippen LogP contribution in [0.25, 0.3) is 0 Å². The van der Waals surface area contributed by atoms with Crippen LogP contribution in [-0.2, 0) is 6.42 Å². The van der Waals surface area contributed by atoms with Crippen molar-refractivity contribution in [2.75, 3.05) is 0 Å². The van der Waals surface area contributed by atoms with E-state index in [1.54, 1.807) is 0 Å². The van der Waals surface area contributed by atoms with E-state index in [9.17, 15) is 5.11 Å². The van der Waals surface area contributed by atoms with Crippen LogP contribution in [0.3, 0.4) is 0 Å². The highest BCUT2D eigenvalue weighted by Crippen LogP contribution is 2.32. The van der Waals surface area contributed by atoms with E-state index in [0.717, 1.165) is 30.7 Å². The molecule has 1 aromatic heterocycles. The molecule has 0 aliphatic heterocycles. The average molecular weight is 224 g/mol. The standard InChI is InChI=1S/C13H24N2O/c1-6-8-11-13(16)12(10(5)7-2)14-15(11)9(3)4/h9-10,16H,6-8H2,1-5H3. The molecule has 0 bridgehead atoms. The van der Waals surface area contributed by atoms with E-state index >= 15 is 0 Å². The normalized spacial score (nSPS) is 13.4. The van der Waals surface area contributed by atoms with Crippen molar-refractivity contribution in [1.82, 2.24) is 9.78 Å². The van der Waals surface area contributed by atoms with Crippen LogP contribution in [0.4, 0.5) is 0 Å². The summed E-state index contributed by atoms with van der Waals surface area (Å²) < 4.78 is 1.97. The first kappa shape index (κ1) is 13.1. The molecular formula is C13H24N2O. The minimum Gasteiger partial charge on any atom is -0.504 e. The molecule has 0 saturated carbocycles. The van der Waals surface area contributed by atoms with E-state index in [1.807, 2.05) is 4.68 Å². The lowest BCUT2D eigenvalue weighted by Gasteiger charge is -2.09. The first-order valence-corrected chi connectivity index (χ1v) is 6.33. The molecule has 0 radical (unpaired) electrons. The van der Waals surface area contributed by atoms with Gasteiger partial charge in [-0.15, -0.1) is 0 Å². The largest absolute Gasteiger partial charge is 0.504 e. The van der Waals surface area contributed by atoms with Gasteiger partial charge in [0.25, 0.3) is 0 Å². The topological polar surface area (TPSA) is 38.1 Å². The maximum Gasteiger partial charge on any atom is 0.160 e. The highest BCUT2D eigenvalue weighted by molar-refractivity contribution is 5.35. The molecule has 3 heteroatoms. The minimum atomic E-state index is 0.310. The molecule has 1 heterocycles. The smallest absolute Gasteiger partial charge is 0.160 e. The van der Waals surface area contributed by atoms with Crippen molar-refractivity contribution >= 4 is 0 Å². The Kier molecular flexibility index (Phi) is 4.39. The van der Waals surface area contributed by atoms with E-state index in [1.165, 1.54) is 0 Å². The van der Waals surface area contributed by atoms with Gasteiger partial charge in [0, 0.05) is 12.0 Å². The fourth-order valence-electron chi connectivity index (χ4n) is 1.90. The second-order valence-electron chi connectivity index (χ2n) is 4.78. The molecule has 1 aromatic rings. The molecule has 0 fully saturated rings. The lowest BCUT2D eigenvalue weighted by molar-refractivity contribution is 0.448. The van der Waals surface area contributed by atoms with E-state index in [2.05, 4.69) is 39.7 Å². The zero-order chi connectivity index (χ0) is 12.3. The molecule has 16 heavy (non-hydrogen) atoms. The minimum absolute atomic E-state index is 0.310. The number of aromatic hydroxyl groups is 1. The molecule has 0 amide bonds. The SMILES string of the molecule is CCCc1c(O)c(C(C)CC)nn1C(C)C. The second-order valence-corrected chi connectivity index (χ2v) is 4.78. The Morgan fingerprint density at radius 3 is 2.31 bits per heavy atom. The lowest BCUT2D eigenvalue weighted by atomic mass is 10.0. The van der Waals surface area contributed by atoms with Gasteiger partial charge >= 0.3 is 0 Å². The third-order valence-electron chi connectivity index (χ3n) is 3.06. The fraction of sp³-hybridized carbons (Fsp3) is 0.769. The van der Waals surface area contributed by atoms with Crippen molar-refractivity contribution in [3.63, 3.8) is 0 Å². The van der Waals surface area contributed by atoms with Crippen LogP contribution >= 0.6 is 0 Å². The Morgan fingerprint density at radius 1 is 1.25 bits per heavy atom. The van der Waals surface area contributed by atoms with Crippen molar-refractivity contribution in [2.45, 2.75) is 65.8 Å². The monoisotopic (exact) mass is 224 g/mol. The first-order chi connectivity index (χ1) is 7.52. The van der Waals surface area contributed by atoms with Gasteiger partial charge in [-0.1, -0.05) is 27.2 Å². The Labute approximate surface area is 98.5 Å². The van der Waals surface area contributed by atoms with Gasteiger partial charge in [0.1, 0.15) is 5.69 Å². The molecule has 0 aliphatic rings. The van der Waals surface area contributed by atoms with E-state index in [0.29, 0.717) is 17.7 Å². The Morgan fingerprint density at radius 2 is 1.88 bits per heavy atom. The van der Waals surface area contributed by atoms with Crippen LogP contribution in [0.5, 0.6) is 5.75 Å². The van der Waals surface area contributed by atoms with Crippen molar-refractivity contribution in [1.29, 1.82) is 0 Å². The summed E-state index contributed by atoms with van der Waals surface area (Å²) in [6, 6.07) is 0.310. The van der Waals surface area contributed by atoms with Crippen LogP contribution in [0.1, 0.15) is 70.8 Å². The van der Waals surface area contributed by atoms with Crippen LogP contribution in [-0.4, -0.2) is 14.9 Å². The molecule has 1 atom stereocenters. The van der Waals surface area contributed by atoms with Gasteiger partial charge in [-0.2, -0.15) is 5.10 Å². The van der Waals surface area contributed by atoms with Gasteiger partial charge in [0.2, 0.25) is 0 Å². The highest BCUT2D eigenvalue weighted by atomic mass is 16.3. The predicted octanol–water partition coefficient (Wildman–Crippen LogP) is 3.64. The van der Waals surface area contributed by atoms with Gasteiger partial charge in [-0.3, -0.25) is 4.68 Å². The summed E-state index contributed by atoms with van der Waals surface area (Å²) in [5.41, 5.74) is 1.85. The maximum absolute atomic E-state index is 10.2. The number of hydrogen-bond acceptors (Lipinski definition) is 2. The van der Waals surface area contributed by atoms with Crippen molar-refractivity contribution in [3.8, 4) is 5.75 Å². The van der Waals surface area contributed by atoms with E-state index in [-0.39, 0.29) is 0 Å². The molecule has 0 aliphatic carbocycles. The zero-order valence-electron chi connectivity index (χ0n) is 11.1. The molecule has 0 aromatic carbocycles. The van der Waals surface area contributed by atoms with Crippen molar-refractivity contribution in [2.24, 2.45) is 0 Å². The summed E-state index contributed by atoms with van der Waals surface area (Å²) in [6.07, 6.45) is 2.94. The van der Waals surface area contributed by atoms with Crippen molar-refractivity contribution < 1.29 is 5.11 Å². The Balaban J connectivity index is 3.18. The zero-order valence-corrected chi connectivity index (χ0v) is 11.1. The van der Waals surface area contributed by atoms with E-state index in [4.69, 9.17) is 0 Å². The number of aromatic nitrogens is 2. The highest BCUT2D eigenvalue weighted by Gasteiger charge is 2.21. The molecular weight excluding hydrogens is 200 g/mol. The lowest BCUT2D eigenvalue weighted by Crippen LogP contribution is -2.07. The predicted molar refractivity (Wildman–Crippen MR) is 67.0 cm³/mol. The van der Waals surface area contributed by atoms with Gasteiger partial charge in [0.05, 0.1) is 5.69 Å². The van der Waals surface area contributed by atoms with E-state index < -0.39 is 0 Å². The quantitative estimate of drug-likeness (QED) is 0.829. The van der Waals surface area contributed by atoms with Crippen molar-refractivity contribution in [3.05, 3.63) is 11.4 Å². The van der Waals surface area contributed by atoms with Crippen LogP contribution in [0.15, 0.2) is 0 Å². The molecule has 0 spiro atoms. The molecule has 1 N–H and O–H groups in total. The summed E-state index contributed by atoms with van der Waals surface area (Å²) in [5, 5.41) is 14.8. The van der Waals surface area contributed by atoms with Gasteiger partial charge < -0.3 is 5.11 Å². The second kappa shape index (κ2) is 5.37. The number of rotatable bonds is 5. The Hall–Kier alpha value is -0.990. The van der Waals surface area contributed by atoms with Gasteiger partial charge in [0.15, 0.2) is 5.75 Å². The summed E-state index contributed by atoms with van der Waals surface area (Å²) in [7, 11) is 0. The first-order valence-electron chi connectivity index (χ1n) is 6.33. The molecule has 92 valence electrons. The van der Waals surface area contributed by atoms with Crippen LogP contribution in [0, 0.1) is 0 Å². The molecule has 3 nitrogen and oxygen atoms in total. The summed E-state index contributed by atoms with van der Waals surface area (Å²) in [6.45, 7) is 10.6. The number of nitrogens with zero attached hydrogens (tertiary/aromatic N) is 2. The summed E-state index contributed by atoms with van der Waals surface area (Å²) in [5.74, 6) is 0.750. The van der Waals surface area contributed by atoms with Gasteiger partial charge in [-0.05, 0) is 26.7 Å². The average Bonchev–Trinajstić information content (AvgIpc) is 2.57. The third kappa shape index (κ3) is 2.39. The van der Waals surface area contributed by atoms with Crippen LogP contribution in [0.2, 0.25) is 0 Å². The number of hydrogen-bond donors (Lipinski definition) is 1. The molecule has 1 rings (SSSR count). The maximum atomic E-state index is 10.2. The fourth-order valence-corrected chi connectivity index (χ4v) is 1.90. The Bertz CT molecular complexity index is 342. The summed E-state index contributed by atoms with van der Waals surface area (Å²) >= 11 is 0. The molecule has 1 unspecified atom stereocenters. The summed E-state index contributed by atoms with van der Waals surface area (Å²) in [4.78, 5) is 0. The third-order valence-corrected chi connectivity index (χ3v) is 3.06. The molecule has 0 saturated heterocycles. The van der Waals surface area contributed by atoms with Crippen LogP contribution < -0.4 is 0 Å². The van der Waals surface area contributed by atoms with Gasteiger partial charge in [-0.25, -0.2) is 0 Å².